The van der Waals surface area contributed by atoms with E-state index in [2.05, 4.69) is 11.9 Å². The first-order valence-corrected chi connectivity index (χ1v) is 6.42. The van der Waals surface area contributed by atoms with Crippen LogP contribution in [0.5, 0.6) is 0 Å². The van der Waals surface area contributed by atoms with Crippen LogP contribution in [0.15, 0.2) is 42.7 Å². The van der Waals surface area contributed by atoms with Crippen molar-refractivity contribution in [2.45, 2.75) is 18.9 Å². The zero-order chi connectivity index (χ0) is 17.7. The van der Waals surface area contributed by atoms with E-state index >= 15 is 0 Å². The van der Waals surface area contributed by atoms with Crippen molar-refractivity contribution < 1.29 is 31.1 Å². The van der Waals surface area contributed by atoms with Crippen LogP contribution >= 0.6 is 0 Å². The summed E-state index contributed by atoms with van der Waals surface area (Å²) in [6, 6.07) is 1.47. The molecule has 0 bridgehead atoms. The van der Waals surface area contributed by atoms with Gasteiger partial charge in [0, 0.05) is 6.54 Å². The molecule has 0 amide bonds. The molecule has 1 aromatic carbocycles. The highest BCUT2D eigenvalue weighted by molar-refractivity contribution is 5.33. The molecule has 0 aromatic heterocycles. The van der Waals surface area contributed by atoms with Crippen molar-refractivity contribution >= 4 is 0 Å². The molecule has 0 aliphatic heterocycles. The summed E-state index contributed by atoms with van der Waals surface area (Å²) in [7, 11) is 1.39. The molecule has 1 aromatic rings. The standard InChI is InChI=1S/C15H15F6NO/c1-3-4-13(23-2)9-22-8-10-5-11(14(16,17)18)7-12(6-10)15(19,20)21/h3-7,22H,1,8-9H2,2H3/b13-4-. The Kier molecular flexibility index (Phi) is 6.26. The summed E-state index contributed by atoms with van der Waals surface area (Å²) in [5, 5.41) is 2.72. The average molecular weight is 339 g/mol. The Labute approximate surface area is 129 Å². The molecule has 0 atom stereocenters. The van der Waals surface area contributed by atoms with Gasteiger partial charge in [0.1, 0.15) is 5.76 Å². The minimum absolute atomic E-state index is 0.0989. The Bertz CT molecular complexity index is 542. The lowest BCUT2D eigenvalue weighted by Gasteiger charge is -2.15. The topological polar surface area (TPSA) is 21.3 Å². The van der Waals surface area contributed by atoms with Crippen LogP contribution in [0.25, 0.3) is 0 Å². The zero-order valence-corrected chi connectivity index (χ0v) is 12.2. The van der Waals surface area contributed by atoms with Gasteiger partial charge in [-0.1, -0.05) is 12.7 Å². The largest absolute Gasteiger partial charge is 0.500 e. The van der Waals surface area contributed by atoms with Crippen molar-refractivity contribution in [1.82, 2.24) is 5.32 Å². The zero-order valence-electron chi connectivity index (χ0n) is 12.2. The van der Waals surface area contributed by atoms with Crippen molar-refractivity contribution in [3.63, 3.8) is 0 Å². The van der Waals surface area contributed by atoms with Crippen LogP contribution in [0, 0.1) is 0 Å². The maximum Gasteiger partial charge on any atom is 0.416 e. The lowest BCUT2D eigenvalue weighted by Crippen LogP contribution is -2.19. The number of halogens is 6. The third-order valence-corrected chi connectivity index (χ3v) is 2.84. The summed E-state index contributed by atoms with van der Waals surface area (Å²) >= 11 is 0. The van der Waals surface area contributed by atoms with E-state index in [1.165, 1.54) is 19.3 Å². The number of hydrogen-bond donors (Lipinski definition) is 1. The van der Waals surface area contributed by atoms with Crippen LogP contribution < -0.4 is 5.32 Å². The van der Waals surface area contributed by atoms with Gasteiger partial charge in [0.15, 0.2) is 0 Å². The quantitative estimate of drug-likeness (QED) is 0.467. The molecular formula is C15H15F6NO. The first-order chi connectivity index (χ1) is 10.6. The molecule has 0 unspecified atom stereocenters. The Hall–Kier alpha value is -1.96. The maximum absolute atomic E-state index is 12.7. The molecule has 23 heavy (non-hydrogen) atoms. The van der Waals surface area contributed by atoms with Crippen LogP contribution in [0.1, 0.15) is 16.7 Å². The predicted octanol–water partition coefficient (Wildman–Crippen LogP) is 4.53. The number of allylic oxidation sites excluding steroid dienone is 2. The fraction of sp³-hybridized carbons (Fsp3) is 0.333. The number of rotatable bonds is 6. The molecule has 0 saturated carbocycles. The molecule has 0 radical (unpaired) electrons. The molecule has 0 spiro atoms. The van der Waals surface area contributed by atoms with Crippen LogP contribution in [0.3, 0.4) is 0 Å². The highest BCUT2D eigenvalue weighted by atomic mass is 19.4. The average Bonchev–Trinajstić information content (AvgIpc) is 2.44. The second-order valence-corrected chi connectivity index (χ2v) is 4.59. The molecule has 2 nitrogen and oxygen atoms in total. The fourth-order valence-corrected chi connectivity index (χ4v) is 1.78. The van der Waals surface area contributed by atoms with Gasteiger partial charge >= 0.3 is 12.4 Å². The van der Waals surface area contributed by atoms with E-state index in [9.17, 15) is 26.3 Å². The summed E-state index contributed by atoms with van der Waals surface area (Å²) < 4.78 is 81.2. The normalized spacial score (nSPS) is 13.1. The van der Waals surface area contributed by atoms with E-state index in [1.54, 1.807) is 0 Å². The first kappa shape index (κ1) is 19.1. The second-order valence-electron chi connectivity index (χ2n) is 4.59. The first-order valence-electron chi connectivity index (χ1n) is 6.42. The Balaban J connectivity index is 2.98. The molecule has 0 fully saturated rings. The highest BCUT2D eigenvalue weighted by Crippen LogP contribution is 2.36. The molecule has 1 rings (SSSR count). The fourth-order valence-electron chi connectivity index (χ4n) is 1.78. The van der Waals surface area contributed by atoms with Gasteiger partial charge < -0.3 is 10.1 Å². The molecule has 0 heterocycles. The smallest absolute Gasteiger partial charge is 0.416 e. The number of hydrogen-bond acceptors (Lipinski definition) is 2. The molecule has 8 heteroatoms. The van der Waals surface area contributed by atoms with Crippen molar-refractivity contribution in [2.24, 2.45) is 0 Å². The van der Waals surface area contributed by atoms with Gasteiger partial charge in [-0.3, -0.25) is 0 Å². The summed E-state index contributed by atoms with van der Waals surface area (Å²) in [5.74, 6) is 0.447. The van der Waals surface area contributed by atoms with Crippen molar-refractivity contribution in [3.8, 4) is 0 Å². The van der Waals surface area contributed by atoms with Gasteiger partial charge in [0.05, 0.1) is 24.8 Å². The van der Waals surface area contributed by atoms with E-state index < -0.39 is 23.5 Å². The minimum atomic E-state index is -4.85. The SMILES string of the molecule is C=C/C=C(/CNCc1cc(C(F)(F)F)cc(C(F)(F)F)c1)OC. The Morgan fingerprint density at radius 3 is 2.00 bits per heavy atom. The van der Waals surface area contributed by atoms with Crippen molar-refractivity contribution in [3.05, 3.63) is 59.4 Å². The molecule has 128 valence electrons. The van der Waals surface area contributed by atoms with Gasteiger partial charge in [0.25, 0.3) is 0 Å². The van der Waals surface area contributed by atoms with Crippen LogP contribution in [0.2, 0.25) is 0 Å². The number of benzene rings is 1. The van der Waals surface area contributed by atoms with Gasteiger partial charge in [-0.15, -0.1) is 0 Å². The number of methoxy groups -OCH3 is 1. The van der Waals surface area contributed by atoms with Gasteiger partial charge in [-0.05, 0) is 29.8 Å². The summed E-state index contributed by atoms with van der Waals surface area (Å²) in [6.45, 7) is 3.42. The summed E-state index contributed by atoms with van der Waals surface area (Å²) in [4.78, 5) is 0. The lowest BCUT2D eigenvalue weighted by molar-refractivity contribution is -0.143. The van der Waals surface area contributed by atoms with Gasteiger partial charge in [-0.25, -0.2) is 0 Å². The summed E-state index contributed by atoms with van der Waals surface area (Å²) in [5.41, 5.74) is -2.79. The number of ether oxygens (including phenoxy) is 1. The number of nitrogens with one attached hydrogen (secondary N) is 1. The predicted molar refractivity (Wildman–Crippen MR) is 73.4 cm³/mol. The molecule has 1 N–H and O–H groups in total. The van der Waals surface area contributed by atoms with E-state index in [4.69, 9.17) is 4.74 Å². The van der Waals surface area contributed by atoms with E-state index in [-0.39, 0.29) is 24.7 Å². The molecule has 0 saturated heterocycles. The summed E-state index contributed by atoms with van der Waals surface area (Å²) in [6.07, 6.45) is -6.72. The molecule has 0 aliphatic rings. The third kappa shape index (κ3) is 5.97. The molecular weight excluding hydrogens is 324 g/mol. The minimum Gasteiger partial charge on any atom is -0.500 e. The monoisotopic (exact) mass is 339 g/mol. The van der Waals surface area contributed by atoms with Crippen LogP contribution in [-0.4, -0.2) is 13.7 Å². The highest BCUT2D eigenvalue weighted by Gasteiger charge is 2.36. The van der Waals surface area contributed by atoms with E-state index in [0.717, 1.165) is 0 Å². The van der Waals surface area contributed by atoms with Crippen LogP contribution in [-0.2, 0) is 23.6 Å². The number of alkyl halides is 6. The second kappa shape index (κ2) is 7.54. The Morgan fingerprint density at radius 1 is 1.09 bits per heavy atom. The Morgan fingerprint density at radius 2 is 1.61 bits per heavy atom. The van der Waals surface area contributed by atoms with Crippen LogP contribution in [0.4, 0.5) is 26.3 Å². The molecule has 0 aliphatic carbocycles. The lowest BCUT2D eigenvalue weighted by atomic mass is 10.0. The van der Waals surface area contributed by atoms with Gasteiger partial charge in [0.2, 0.25) is 0 Å². The van der Waals surface area contributed by atoms with Crippen molar-refractivity contribution in [2.75, 3.05) is 13.7 Å². The third-order valence-electron chi connectivity index (χ3n) is 2.84. The maximum atomic E-state index is 12.7. The van der Waals surface area contributed by atoms with Gasteiger partial charge in [-0.2, -0.15) is 26.3 Å². The van der Waals surface area contributed by atoms with E-state index in [0.29, 0.717) is 17.9 Å². The van der Waals surface area contributed by atoms with Crippen molar-refractivity contribution in [1.29, 1.82) is 0 Å². The van der Waals surface area contributed by atoms with E-state index in [1.807, 2.05) is 0 Å².